The standard InChI is InChI=1S/C22H26ClN3O5S/c1-31-20-9-5-6-16(22(20)28)14-24-25-21(27)15-26(18-7-3-2-4-8-18)32(29,30)19-12-10-17(23)11-13-19/h5-6,9-14,18,28H,2-4,7-8,15H2,1H3,(H,25,27)/b24-14-. The highest BCUT2D eigenvalue weighted by Crippen LogP contribution is 2.29. The fraction of sp³-hybridized carbons (Fsp3) is 0.364. The molecule has 10 heteroatoms. The predicted octanol–water partition coefficient (Wildman–Crippen LogP) is 3.53. The summed E-state index contributed by atoms with van der Waals surface area (Å²) in [5.41, 5.74) is 2.70. The van der Waals surface area contributed by atoms with E-state index in [4.69, 9.17) is 16.3 Å². The number of halogens is 1. The highest BCUT2D eigenvalue weighted by Gasteiger charge is 2.33. The largest absolute Gasteiger partial charge is 0.504 e. The van der Waals surface area contributed by atoms with Crippen LogP contribution >= 0.6 is 11.6 Å². The second-order valence-corrected chi connectivity index (χ2v) is 9.81. The fourth-order valence-electron chi connectivity index (χ4n) is 3.68. The second-order valence-electron chi connectivity index (χ2n) is 7.49. The number of hydrazone groups is 1. The molecule has 1 aliphatic carbocycles. The smallest absolute Gasteiger partial charge is 0.255 e. The summed E-state index contributed by atoms with van der Waals surface area (Å²) in [6.07, 6.45) is 5.53. The molecule has 1 amide bonds. The van der Waals surface area contributed by atoms with Crippen LogP contribution in [0.1, 0.15) is 37.7 Å². The van der Waals surface area contributed by atoms with E-state index in [-0.39, 0.29) is 29.0 Å². The van der Waals surface area contributed by atoms with Gasteiger partial charge in [0.2, 0.25) is 10.0 Å². The lowest BCUT2D eigenvalue weighted by Crippen LogP contribution is -2.46. The van der Waals surface area contributed by atoms with E-state index >= 15 is 0 Å². The number of amides is 1. The number of hydrogen-bond donors (Lipinski definition) is 2. The first kappa shape index (κ1) is 24.0. The van der Waals surface area contributed by atoms with Crippen molar-refractivity contribution >= 4 is 33.7 Å². The Morgan fingerprint density at radius 3 is 2.56 bits per heavy atom. The molecule has 0 aliphatic heterocycles. The summed E-state index contributed by atoms with van der Waals surface area (Å²) < 4.78 is 32.9. The van der Waals surface area contributed by atoms with Crippen molar-refractivity contribution in [2.75, 3.05) is 13.7 Å². The number of hydrogen-bond acceptors (Lipinski definition) is 6. The van der Waals surface area contributed by atoms with E-state index in [9.17, 15) is 18.3 Å². The summed E-state index contributed by atoms with van der Waals surface area (Å²) in [4.78, 5) is 12.7. The van der Waals surface area contributed by atoms with Crippen LogP contribution in [0.25, 0.3) is 0 Å². The van der Waals surface area contributed by atoms with Gasteiger partial charge in [0.15, 0.2) is 11.5 Å². The first-order valence-electron chi connectivity index (χ1n) is 10.3. The third kappa shape index (κ3) is 5.79. The molecule has 2 aromatic rings. The number of para-hydroxylation sites is 1. The van der Waals surface area contributed by atoms with Gasteiger partial charge in [-0.25, -0.2) is 13.8 Å². The van der Waals surface area contributed by atoms with E-state index in [1.165, 1.54) is 41.9 Å². The maximum absolute atomic E-state index is 13.3. The fourth-order valence-corrected chi connectivity index (χ4v) is 5.45. The van der Waals surface area contributed by atoms with Crippen LogP contribution in [0.2, 0.25) is 5.02 Å². The lowest BCUT2D eigenvalue weighted by Gasteiger charge is -2.32. The van der Waals surface area contributed by atoms with Gasteiger partial charge in [-0.15, -0.1) is 0 Å². The van der Waals surface area contributed by atoms with Gasteiger partial charge >= 0.3 is 0 Å². The average Bonchev–Trinajstić information content (AvgIpc) is 2.79. The van der Waals surface area contributed by atoms with Gasteiger partial charge in [0.25, 0.3) is 5.91 Å². The lowest BCUT2D eigenvalue weighted by molar-refractivity contribution is -0.121. The van der Waals surface area contributed by atoms with Gasteiger partial charge in [-0.1, -0.05) is 36.9 Å². The summed E-state index contributed by atoms with van der Waals surface area (Å²) in [6, 6.07) is 10.5. The molecular weight excluding hydrogens is 454 g/mol. The molecule has 0 aromatic heterocycles. The third-order valence-electron chi connectivity index (χ3n) is 5.34. The highest BCUT2D eigenvalue weighted by molar-refractivity contribution is 7.89. The van der Waals surface area contributed by atoms with Gasteiger partial charge < -0.3 is 9.84 Å². The first-order valence-corrected chi connectivity index (χ1v) is 12.1. The van der Waals surface area contributed by atoms with Crippen LogP contribution in [-0.4, -0.2) is 49.6 Å². The van der Waals surface area contributed by atoms with Crippen LogP contribution in [0, 0.1) is 0 Å². The van der Waals surface area contributed by atoms with Crippen molar-refractivity contribution in [3.8, 4) is 11.5 Å². The van der Waals surface area contributed by atoms with Crippen molar-refractivity contribution in [2.24, 2.45) is 5.10 Å². The molecule has 2 N–H and O–H groups in total. The first-order chi connectivity index (χ1) is 15.3. The van der Waals surface area contributed by atoms with Crippen LogP contribution in [0.4, 0.5) is 0 Å². The van der Waals surface area contributed by atoms with E-state index in [0.29, 0.717) is 23.4 Å². The molecular formula is C22H26ClN3O5S. The molecule has 0 spiro atoms. The minimum atomic E-state index is -3.90. The van der Waals surface area contributed by atoms with E-state index in [1.807, 2.05) is 0 Å². The Hall–Kier alpha value is -2.62. The number of phenolic OH excluding ortho intramolecular Hbond substituents is 1. The monoisotopic (exact) mass is 479 g/mol. The summed E-state index contributed by atoms with van der Waals surface area (Å²) >= 11 is 5.90. The quantitative estimate of drug-likeness (QED) is 0.444. The Morgan fingerprint density at radius 2 is 1.91 bits per heavy atom. The summed E-state index contributed by atoms with van der Waals surface area (Å²) in [5, 5.41) is 14.4. The Labute approximate surface area is 192 Å². The number of phenols is 1. The molecule has 0 heterocycles. The van der Waals surface area contributed by atoms with Crippen molar-refractivity contribution in [1.29, 1.82) is 0 Å². The Bertz CT molecular complexity index is 1070. The van der Waals surface area contributed by atoms with Gasteiger partial charge in [0.05, 0.1) is 24.8 Å². The van der Waals surface area contributed by atoms with Crippen molar-refractivity contribution < 1.29 is 23.1 Å². The maximum Gasteiger partial charge on any atom is 0.255 e. The molecule has 0 bridgehead atoms. The lowest BCUT2D eigenvalue weighted by atomic mass is 9.95. The summed E-state index contributed by atoms with van der Waals surface area (Å²) in [6.45, 7) is -0.364. The van der Waals surface area contributed by atoms with Crippen molar-refractivity contribution in [2.45, 2.75) is 43.0 Å². The molecule has 0 unspecified atom stereocenters. The number of sulfonamides is 1. The van der Waals surface area contributed by atoms with Crippen LogP contribution in [0.3, 0.4) is 0 Å². The van der Waals surface area contributed by atoms with Crippen LogP contribution in [0.5, 0.6) is 11.5 Å². The van der Waals surface area contributed by atoms with Gasteiger partial charge in [-0.05, 0) is 49.2 Å². The second kappa shape index (κ2) is 10.8. The molecule has 0 saturated heterocycles. The van der Waals surface area contributed by atoms with E-state index < -0.39 is 15.9 Å². The highest BCUT2D eigenvalue weighted by atomic mass is 35.5. The molecule has 8 nitrogen and oxygen atoms in total. The number of aromatic hydroxyl groups is 1. The van der Waals surface area contributed by atoms with E-state index in [1.54, 1.807) is 18.2 Å². The number of ether oxygens (including phenoxy) is 1. The number of nitrogens with one attached hydrogen (secondary N) is 1. The van der Waals surface area contributed by atoms with Crippen LogP contribution < -0.4 is 10.2 Å². The number of rotatable bonds is 8. The molecule has 2 aromatic carbocycles. The maximum atomic E-state index is 13.3. The molecule has 1 fully saturated rings. The Morgan fingerprint density at radius 1 is 1.22 bits per heavy atom. The van der Waals surface area contributed by atoms with Crippen molar-refractivity contribution in [3.05, 3.63) is 53.1 Å². The molecule has 0 atom stereocenters. The number of nitrogens with zero attached hydrogens (tertiary/aromatic N) is 2. The number of benzene rings is 2. The van der Waals surface area contributed by atoms with E-state index in [2.05, 4.69) is 10.5 Å². The number of methoxy groups -OCH3 is 1. The number of carbonyl (C=O) groups excluding carboxylic acids is 1. The normalized spacial score (nSPS) is 15.2. The van der Waals surface area contributed by atoms with Crippen molar-refractivity contribution in [3.63, 3.8) is 0 Å². The van der Waals surface area contributed by atoms with Gasteiger partial charge in [-0.3, -0.25) is 4.79 Å². The summed E-state index contributed by atoms with van der Waals surface area (Å²) in [7, 11) is -2.47. The molecule has 1 saturated carbocycles. The van der Waals surface area contributed by atoms with Gasteiger partial charge in [0, 0.05) is 16.6 Å². The zero-order chi connectivity index (χ0) is 23.1. The topological polar surface area (TPSA) is 108 Å². The Kier molecular flexibility index (Phi) is 8.11. The Balaban J connectivity index is 1.76. The molecule has 172 valence electrons. The zero-order valence-electron chi connectivity index (χ0n) is 17.7. The van der Waals surface area contributed by atoms with Crippen LogP contribution in [-0.2, 0) is 14.8 Å². The van der Waals surface area contributed by atoms with Crippen LogP contribution in [0.15, 0.2) is 52.5 Å². The summed E-state index contributed by atoms with van der Waals surface area (Å²) in [5.74, 6) is -0.410. The minimum Gasteiger partial charge on any atom is -0.504 e. The SMILES string of the molecule is COc1cccc(/C=N\NC(=O)CN(C2CCCCC2)S(=O)(=O)c2ccc(Cl)cc2)c1O. The zero-order valence-corrected chi connectivity index (χ0v) is 19.3. The van der Waals surface area contributed by atoms with E-state index in [0.717, 1.165) is 19.3 Å². The van der Waals surface area contributed by atoms with Gasteiger partial charge in [0.1, 0.15) is 0 Å². The molecule has 3 rings (SSSR count). The van der Waals surface area contributed by atoms with Crippen molar-refractivity contribution in [1.82, 2.24) is 9.73 Å². The third-order valence-corrected chi connectivity index (χ3v) is 7.51. The molecule has 32 heavy (non-hydrogen) atoms. The van der Waals surface area contributed by atoms with Gasteiger partial charge in [-0.2, -0.15) is 9.41 Å². The number of carbonyl (C=O) groups is 1. The average molecular weight is 480 g/mol. The predicted molar refractivity (Wildman–Crippen MR) is 123 cm³/mol. The molecule has 0 radical (unpaired) electrons. The molecule has 1 aliphatic rings. The minimum absolute atomic E-state index is 0.0880.